The molecule has 6 nitrogen and oxygen atoms in total. The van der Waals surface area contributed by atoms with E-state index in [1.165, 1.54) is 0 Å². The van der Waals surface area contributed by atoms with Gasteiger partial charge in [-0.25, -0.2) is 9.59 Å². The van der Waals surface area contributed by atoms with Crippen molar-refractivity contribution in [3.05, 3.63) is 0 Å². The molecule has 6 heteroatoms. The van der Waals surface area contributed by atoms with Crippen LogP contribution in [-0.4, -0.2) is 23.1 Å². The molecule has 1 atom stereocenters. The van der Waals surface area contributed by atoms with Crippen LogP contribution >= 0.6 is 0 Å². The van der Waals surface area contributed by atoms with Crippen molar-refractivity contribution in [3.63, 3.8) is 0 Å². The van der Waals surface area contributed by atoms with Crippen molar-refractivity contribution in [1.29, 1.82) is 0 Å². The second kappa shape index (κ2) is 9.10. The summed E-state index contributed by atoms with van der Waals surface area (Å²) in [5.41, 5.74) is -1.12. The molecule has 22 heavy (non-hydrogen) atoms. The number of rotatable bonds is 8. The third kappa shape index (κ3) is 11.5. The van der Waals surface area contributed by atoms with Gasteiger partial charge in [0.2, 0.25) is 0 Å². The van der Waals surface area contributed by atoms with Crippen LogP contribution < -0.4 is 0 Å². The molecule has 1 unspecified atom stereocenters. The molecule has 0 saturated heterocycles. The number of carbonyl (C=O) groups excluding carboxylic acids is 2. The van der Waals surface area contributed by atoms with Gasteiger partial charge in [-0.2, -0.15) is 9.78 Å². The topological polar surface area (TPSA) is 71.1 Å². The third-order valence-corrected chi connectivity index (χ3v) is 2.43. The highest BCUT2D eigenvalue weighted by molar-refractivity contribution is 5.74. The lowest BCUT2D eigenvalue weighted by Crippen LogP contribution is -2.26. The van der Waals surface area contributed by atoms with Crippen molar-refractivity contribution < 1.29 is 29.1 Å². The van der Waals surface area contributed by atoms with Gasteiger partial charge < -0.3 is 0 Å². The molecule has 0 radical (unpaired) electrons. The van der Waals surface area contributed by atoms with Crippen molar-refractivity contribution in [2.45, 2.75) is 85.4 Å². The highest BCUT2D eigenvalue weighted by atomic mass is 17.2. The second-order valence-corrected chi connectivity index (χ2v) is 7.27. The van der Waals surface area contributed by atoms with Crippen molar-refractivity contribution in [1.82, 2.24) is 0 Å². The molecule has 0 amide bonds. The van der Waals surface area contributed by atoms with Gasteiger partial charge in [-0.1, -0.05) is 13.3 Å². The zero-order valence-corrected chi connectivity index (χ0v) is 14.9. The van der Waals surface area contributed by atoms with Gasteiger partial charge in [0.1, 0.15) is 11.2 Å². The molecule has 0 rings (SSSR count). The first kappa shape index (κ1) is 20.9. The molecule has 0 aliphatic carbocycles. The summed E-state index contributed by atoms with van der Waals surface area (Å²) in [6, 6.07) is 0. The van der Waals surface area contributed by atoms with E-state index in [9.17, 15) is 9.59 Å². The van der Waals surface area contributed by atoms with E-state index in [-0.39, 0.29) is 6.42 Å². The molecule has 0 N–H and O–H groups in total. The van der Waals surface area contributed by atoms with Crippen LogP contribution in [-0.2, 0) is 29.1 Å². The molecule has 0 aromatic carbocycles. The summed E-state index contributed by atoms with van der Waals surface area (Å²) in [5.74, 6) is -1.35. The maximum absolute atomic E-state index is 12.0. The Labute approximate surface area is 133 Å². The lowest BCUT2D eigenvalue weighted by Gasteiger charge is -2.20. The Kier molecular flexibility index (Phi) is 8.63. The van der Waals surface area contributed by atoms with Gasteiger partial charge in [-0.15, -0.1) is 0 Å². The Morgan fingerprint density at radius 1 is 0.864 bits per heavy atom. The summed E-state index contributed by atoms with van der Waals surface area (Å²) in [5, 5.41) is 0. The van der Waals surface area contributed by atoms with Gasteiger partial charge in [0.05, 0.1) is 5.92 Å². The first-order valence-electron chi connectivity index (χ1n) is 7.72. The van der Waals surface area contributed by atoms with Gasteiger partial charge in [0, 0.05) is 6.42 Å². The summed E-state index contributed by atoms with van der Waals surface area (Å²) in [7, 11) is 0. The number of hydrogen-bond acceptors (Lipinski definition) is 6. The van der Waals surface area contributed by atoms with Crippen LogP contribution in [0.1, 0.15) is 74.1 Å². The molecule has 0 aliphatic heterocycles. The Balaban J connectivity index is 4.28. The van der Waals surface area contributed by atoms with E-state index in [0.717, 1.165) is 6.42 Å². The normalized spacial score (nSPS) is 13.6. The predicted octanol–water partition coefficient (Wildman–Crippen LogP) is 3.73. The van der Waals surface area contributed by atoms with Crippen molar-refractivity contribution >= 4 is 11.9 Å². The molecule has 0 saturated carbocycles. The summed E-state index contributed by atoms with van der Waals surface area (Å²) in [6.07, 6.45) is 1.86. The molecule has 0 spiro atoms. The third-order valence-electron chi connectivity index (χ3n) is 2.43. The van der Waals surface area contributed by atoms with Crippen molar-refractivity contribution in [2.24, 2.45) is 5.92 Å². The van der Waals surface area contributed by atoms with E-state index >= 15 is 0 Å². The molecular formula is C16H30O6. The molecule has 0 aliphatic rings. The van der Waals surface area contributed by atoms with Crippen LogP contribution in [0.15, 0.2) is 0 Å². The molecule has 0 bridgehead atoms. The quantitative estimate of drug-likeness (QED) is 0.501. The predicted molar refractivity (Wildman–Crippen MR) is 81.5 cm³/mol. The summed E-state index contributed by atoms with van der Waals surface area (Å²) < 4.78 is 0. The SMILES string of the molecule is CCCC(CCC(=O)OOC(C)(C)C)C(=O)OOC(C)(C)C. The fraction of sp³-hybridized carbons (Fsp3) is 0.875. The zero-order chi connectivity index (χ0) is 17.4. The summed E-state index contributed by atoms with van der Waals surface area (Å²) >= 11 is 0. The number of hydrogen-bond donors (Lipinski definition) is 0. The first-order chi connectivity index (χ1) is 9.94. The van der Waals surface area contributed by atoms with E-state index in [1.807, 2.05) is 6.92 Å². The average Bonchev–Trinajstić information content (AvgIpc) is 2.36. The number of carbonyl (C=O) groups is 2. The van der Waals surface area contributed by atoms with E-state index in [4.69, 9.17) is 19.6 Å². The van der Waals surface area contributed by atoms with Gasteiger partial charge in [-0.05, 0) is 54.4 Å². The Morgan fingerprint density at radius 2 is 1.36 bits per heavy atom. The van der Waals surface area contributed by atoms with Crippen molar-refractivity contribution in [3.8, 4) is 0 Å². The Morgan fingerprint density at radius 3 is 1.82 bits per heavy atom. The second-order valence-electron chi connectivity index (χ2n) is 7.27. The van der Waals surface area contributed by atoms with Crippen LogP contribution in [0, 0.1) is 5.92 Å². The minimum Gasteiger partial charge on any atom is -0.298 e. The maximum atomic E-state index is 12.0. The molecule has 0 heterocycles. The fourth-order valence-corrected chi connectivity index (χ4v) is 1.47. The minimum atomic E-state index is -0.564. The van der Waals surface area contributed by atoms with Gasteiger partial charge >= 0.3 is 11.9 Å². The van der Waals surface area contributed by atoms with Gasteiger partial charge in [0.15, 0.2) is 0 Å². The average molecular weight is 318 g/mol. The highest BCUT2D eigenvalue weighted by Crippen LogP contribution is 2.18. The minimum absolute atomic E-state index is 0.0887. The van der Waals surface area contributed by atoms with E-state index in [1.54, 1.807) is 41.5 Å². The van der Waals surface area contributed by atoms with Crippen LogP contribution in [0.2, 0.25) is 0 Å². The molecule has 0 fully saturated rings. The monoisotopic (exact) mass is 318 g/mol. The highest BCUT2D eigenvalue weighted by Gasteiger charge is 2.25. The molecule has 130 valence electrons. The molecule has 0 aromatic rings. The standard InChI is InChI=1S/C16H30O6/c1-8-9-12(14(18)20-22-16(5,6)7)10-11-13(17)19-21-15(2,3)4/h12H,8-11H2,1-7H3. The van der Waals surface area contributed by atoms with Crippen LogP contribution in [0.25, 0.3) is 0 Å². The van der Waals surface area contributed by atoms with E-state index < -0.39 is 29.1 Å². The summed E-state index contributed by atoms with van der Waals surface area (Å²) in [6.45, 7) is 12.7. The zero-order valence-electron chi connectivity index (χ0n) is 14.9. The molecule has 0 aromatic heterocycles. The van der Waals surface area contributed by atoms with Gasteiger partial charge in [-0.3, -0.25) is 9.78 Å². The lowest BCUT2D eigenvalue weighted by molar-refractivity contribution is -0.324. The van der Waals surface area contributed by atoms with Crippen molar-refractivity contribution in [2.75, 3.05) is 0 Å². The Hall–Kier alpha value is -1.14. The van der Waals surface area contributed by atoms with Crippen LogP contribution in [0.3, 0.4) is 0 Å². The van der Waals surface area contributed by atoms with Crippen LogP contribution in [0.5, 0.6) is 0 Å². The first-order valence-corrected chi connectivity index (χ1v) is 7.72. The maximum Gasteiger partial charge on any atom is 0.345 e. The summed E-state index contributed by atoms with van der Waals surface area (Å²) in [4.78, 5) is 43.1. The smallest absolute Gasteiger partial charge is 0.298 e. The van der Waals surface area contributed by atoms with Crippen LogP contribution in [0.4, 0.5) is 0 Å². The van der Waals surface area contributed by atoms with Gasteiger partial charge in [0.25, 0.3) is 0 Å². The van der Waals surface area contributed by atoms with E-state index in [2.05, 4.69) is 0 Å². The molecular weight excluding hydrogens is 288 g/mol. The lowest BCUT2D eigenvalue weighted by atomic mass is 9.98. The fourth-order valence-electron chi connectivity index (χ4n) is 1.47. The Bertz CT molecular complexity index is 351. The van der Waals surface area contributed by atoms with E-state index in [0.29, 0.717) is 12.8 Å². The largest absolute Gasteiger partial charge is 0.345 e.